The van der Waals surface area contributed by atoms with Crippen LogP contribution in [0, 0.1) is 12.7 Å². The van der Waals surface area contributed by atoms with Gasteiger partial charge >= 0.3 is 0 Å². The molecule has 1 N–H and O–H groups in total. The molecule has 0 aliphatic heterocycles. The van der Waals surface area contributed by atoms with E-state index in [4.69, 9.17) is 21.4 Å². The summed E-state index contributed by atoms with van der Waals surface area (Å²) >= 11 is 5.93. The first kappa shape index (κ1) is 12.9. The van der Waals surface area contributed by atoms with Gasteiger partial charge in [0, 0.05) is 5.02 Å². The lowest BCUT2D eigenvalue weighted by Gasteiger charge is -2.09. The molecule has 0 aliphatic carbocycles. The average Bonchev–Trinajstić information content (AvgIpc) is 2.34. The van der Waals surface area contributed by atoms with Gasteiger partial charge < -0.3 is 9.84 Å². The molecule has 0 aliphatic rings. The van der Waals surface area contributed by atoms with E-state index in [2.05, 4.69) is 0 Å². The summed E-state index contributed by atoms with van der Waals surface area (Å²) in [5.74, 6) is 0.160. The number of ether oxygens (including phenoxy) is 1. The first-order valence-corrected chi connectivity index (χ1v) is 5.81. The second-order valence-electron chi connectivity index (χ2n) is 3.95. The average molecular weight is 267 g/mol. The predicted octanol–water partition coefficient (Wildman–Crippen LogP) is 4.07. The first-order valence-electron chi connectivity index (χ1n) is 5.43. The highest BCUT2D eigenvalue weighted by Gasteiger charge is 2.07. The molecule has 0 heterocycles. The van der Waals surface area contributed by atoms with Crippen molar-refractivity contribution in [1.82, 2.24) is 0 Å². The summed E-state index contributed by atoms with van der Waals surface area (Å²) in [5, 5.41) is 9.39. The fourth-order valence-corrected chi connectivity index (χ4v) is 1.77. The second kappa shape index (κ2) is 5.38. The van der Waals surface area contributed by atoms with Gasteiger partial charge in [0.1, 0.15) is 5.75 Å². The third-order valence-corrected chi connectivity index (χ3v) is 2.86. The zero-order valence-corrected chi connectivity index (χ0v) is 10.5. The van der Waals surface area contributed by atoms with E-state index < -0.39 is 5.82 Å². The van der Waals surface area contributed by atoms with Gasteiger partial charge in [0.05, 0.1) is 6.61 Å². The number of hydrogen-bond acceptors (Lipinski definition) is 2. The molecule has 0 atom stereocenters. The van der Waals surface area contributed by atoms with E-state index in [1.807, 2.05) is 6.92 Å². The molecule has 0 saturated carbocycles. The van der Waals surface area contributed by atoms with Gasteiger partial charge in [-0.25, -0.2) is 4.39 Å². The van der Waals surface area contributed by atoms with E-state index in [0.717, 1.165) is 5.56 Å². The third-order valence-electron chi connectivity index (χ3n) is 2.51. The Morgan fingerprint density at radius 1 is 1.22 bits per heavy atom. The molecule has 0 saturated heterocycles. The maximum absolute atomic E-state index is 13.5. The lowest BCUT2D eigenvalue weighted by molar-refractivity contribution is 0.282. The van der Waals surface area contributed by atoms with E-state index in [1.165, 1.54) is 6.07 Å². The maximum atomic E-state index is 13.5. The molecule has 0 spiro atoms. The summed E-state index contributed by atoms with van der Waals surface area (Å²) in [4.78, 5) is 0. The lowest BCUT2D eigenvalue weighted by Crippen LogP contribution is -1.91. The van der Waals surface area contributed by atoms with Crippen LogP contribution < -0.4 is 4.74 Å². The first-order chi connectivity index (χ1) is 8.60. The Morgan fingerprint density at radius 3 is 2.67 bits per heavy atom. The second-order valence-corrected chi connectivity index (χ2v) is 4.35. The summed E-state index contributed by atoms with van der Waals surface area (Å²) in [5.41, 5.74) is 1.51. The van der Waals surface area contributed by atoms with Crippen molar-refractivity contribution in [3.63, 3.8) is 0 Å². The number of benzene rings is 2. The fraction of sp³-hybridized carbons (Fsp3) is 0.143. The van der Waals surface area contributed by atoms with Crippen molar-refractivity contribution in [3.05, 3.63) is 58.4 Å². The van der Waals surface area contributed by atoms with Crippen LogP contribution in [-0.4, -0.2) is 5.11 Å². The third kappa shape index (κ3) is 2.81. The van der Waals surface area contributed by atoms with Crippen LogP contribution in [0.3, 0.4) is 0 Å². The molecule has 0 amide bonds. The number of rotatable bonds is 3. The van der Waals surface area contributed by atoms with Crippen LogP contribution in [0.15, 0.2) is 36.4 Å². The smallest absolute Gasteiger partial charge is 0.165 e. The number of aliphatic hydroxyl groups excluding tert-OH is 1. The van der Waals surface area contributed by atoms with Crippen LogP contribution >= 0.6 is 11.6 Å². The number of aryl methyl sites for hydroxylation is 1. The molecular formula is C14H12ClFO2. The van der Waals surface area contributed by atoms with Crippen molar-refractivity contribution in [1.29, 1.82) is 0 Å². The minimum Gasteiger partial charge on any atom is -0.454 e. The molecule has 94 valence electrons. The van der Waals surface area contributed by atoms with Gasteiger partial charge in [0.2, 0.25) is 0 Å². The standard InChI is InChI=1S/C14H12ClFO2/c1-9-2-5-13(16)14(6-9)18-11-4-3-10(8-17)12(15)7-11/h2-7,17H,8H2,1H3. The Morgan fingerprint density at radius 2 is 2.00 bits per heavy atom. The Labute approximate surface area is 110 Å². The fourth-order valence-electron chi connectivity index (χ4n) is 1.54. The van der Waals surface area contributed by atoms with Crippen LogP contribution in [0.25, 0.3) is 0 Å². The topological polar surface area (TPSA) is 29.5 Å². The molecule has 2 nitrogen and oxygen atoms in total. The number of hydrogen-bond donors (Lipinski definition) is 1. The minimum absolute atomic E-state index is 0.141. The molecular weight excluding hydrogens is 255 g/mol. The van der Waals surface area contributed by atoms with Crippen LogP contribution in [0.1, 0.15) is 11.1 Å². The Bertz CT molecular complexity index is 570. The van der Waals surface area contributed by atoms with E-state index in [9.17, 15) is 4.39 Å². The molecule has 0 aromatic heterocycles. The van der Waals surface area contributed by atoms with E-state index >= 15 is 0 Å². The van der Waals surface area contributed by atoms with Gasteiger partial charge in [-0.1, -0.05) is 23.7 Å². The highest BCUT2D eigenvalue weighted by atomic mass is 35.5. The molecule has 18 heavy (non-hydrogen) atoms. The summed E-state index contributed by atoms with van der Waals surface area (Å²) in [6, 6.07) is 9.47. The number of halogens is 2. The van der Waals surface area contributed by atoms with Crippen molar-refractivity contribution in [3.8, 4) is 11.5 Å². The summed E-state index contributed by atoms with van der Waals surface area (Å²) < 4.78 is 18.9. The highest BCUT2D eigenvalue weighted by molar-refractivity contribution is 6.31. The van der Waals surface area contributed by atoms with Crippen molar-refractivity contribution in [2.24, 2.45) is 0 Å². The van der Waals surface area contributed by atoms with Crippen molar-refractivity contribution in [2.75, 3.05) is 0 Å². The zero-order chi connectivity index (χ0) is 13.1. The van der Waals surface area contributed by atoms with Gasteiger partial charge in [-0.15, -0.1) is 0 Å². The quantitative estimate of drug-likeness (QED) is 0.907. The largest absolute Gasteiger partial charge is 0.454 e. The van der Waals surface area contributed by atoms with Gasteiger partial charge in [0.25, 0.3) is 0 Å². The molecule has 0 radical (unpaired) electrons. The van der Waals surface area contributed by atoms with Crippen molar-refractivity contribution < 1.29 is 14.2 Å². The normalized spacial score (nSPS) is 10.4. The van der Waals surface area contributed by atoms with Crippen LogP contribution in [0.4, 0.5) is 4.39 Å². The van der Waals surface area contributed by atoms with E-state index in [0.29, 0.717) is 16.3 Å². The monoisotopic (exact) mass is 266 g/mol. The summed E-state index contributed by atoms with van der Waals surface area (Å²) in [6.45, 7) is 1.71. The van der Waals surface area contributed by atoms with Gasteiger partial charge in [-0.2, -0.15) is 0 Å². The minimum atomic E-state index is -0.428. The van der Waals surface area contributed by atoms with Crippen LogP contribution in [0.2, 0.25) is 5.02 Å². The SMILES string of the molecule is Cc1ccc(F)c(Oc2ccc(CO)c(Cl)c2)c1. The molecule has 0 unspecified atom stereocenters. The summed E-state index contributed by atoms with van der Waals surface area (Å²) in [7, 11) is 0. The van der Waals surface area contributed by atoms with Gasteiger partial charge in [-0.3, -0.25) is 0 Å². The Kier molecular flexibility index (Phi) is 3.84. The molecule has 2 aromatic rings. The van der Waals surface area contributed by atoms with Crippen LogP contribution in [0.5, 0.6) is 11.5 Å². The number of aliphatic hydroxyl groups is 1. The molecule has 4 heteroatoms. The van der Waals surface area contributed by atoms with Gasteiger partial charge in [0.15, 0.2) is 11.6 Å². The van der Waals surface area contributed by atoms with E-state index in [-0.39, 0.29) is 12.4 Å². The van der Waals surface area contributed by atoms with Crippen LogP contribution in [-0.2, 0) is 6.61 Å². The molecule has 0 bridgehead atoms. The Hall–Kier alpha value is -1.58. The molecule has 2 rings (SSSR count). The van der Waals surface area contributed by atoms with Crippen molar-refractivity contribution >= 4 is 11.6 Å². The highest BCUT2D eigenvalue weighted by Crippen LogP contribution is 2.29. The molecule has 0 fully saturated rings. The summed E-state index contributed by atoms with van der Waals surface area (Å²) in [6.07, 6.45) is 0. The van der Waals surface area contributed by atoms with Gasteiger partial charge in [-0.05, 0) is 42.3 Å². The lowest BCUT2D eigenvalue weighted by atomic mass is 10.2. The van der Waals surface area contributed by atoms with Crippen molar-refractivity contribution in [2.45, 2.75) is 13.5 Å². The zero-order valence-electron chi connectivity index (χ0n) is 9.78. The Balaban J connectivity index is 2.28. The predicted molar refractivity (Wildman–Crippen MR) is 68.6 cm³/mol. The molecule has 2 aromatic carbocycles. The maximum Gasteiger partial charge on any atom is 0.165 e. The van der Waals surface area contributed by atoms with E-state index in [1.54, 1.807) is 30.3 Å².